The molecule has 154 valence electrons. The minimum absolute atomic E-state index is 0.237. The molecular weight excluding hydrogens is 408 g/mol. The first-order valence-electron chi connectivity index (χ1n) is 9.83. The number of hydrogen-bond acceptors (Lipinski definition) is 5. The van der Waals surface area contributed by atoms with E-state index in [0.717, 1.165) is 33.0 Å². The Morgan fingerprint density at radius 1 is 1.03 bits per heavy atom. The molecule has 5 rings (SSSR count). The Bertz CT molecular complexity index is 1400. The van der Waals surface area contributed by atoms with E-state index in [2.05, 4.69) is 15.5 Å². The van der Waals surface area contributed by atoms with E-state index in [-0.39, 0.29) is 5.91 Å². The van der Waals surface area contributed by atoms with Crippen LogP contribution in [0.15, 0.2) is 60.0 Å². The Balaban J connectivity index is 1.56. The fraction of sp³-hybridized carbons (Fsp3) is 0.130. The number of thiophene rings is 1. The van der Waals surface area contributed by atoms with E-state index in [1.807, 2.05) is 85.6 Å². The third kappa shape index (κ3) is 3.40. The fourth-order valence-corrected chi connectivity index (χ4v) is 4.41. The molecule has 1 aromatic carbocycles. The smallest absolute Gasteiger partial charge is 0.257 e. The number of para-hydroxylation sites is 1. The number of aryl methyl sites for hydroxylation is 3. The SMILES string of the molecule is Cc1nn(C)c2nc(-c3cccs3)cc(C(=O)Nc3cc(C)n(-c4ccccc4)n3)c12. The average Bonchev–Trinajstić information content (AvgIpc) is 3.49. The second kappa shape index (κ2) is 7.48. The molecule has 1 N–H and O–H groups in total. The second-order valence-electron chi connectivity index (χ2n) is 7.31. The number of fused-ring (bicyclic) bond motifs is 1. The summed E-state index contributed by atoms with van der Waals surface area (Å²) in [6.45, 7) is 3.85. The molecule has 4 heterocycles. The summed E-state index contributed by atoms with van der Waals surface area (Å²) in [7, 11) is 1.84. The second-order valence-corrected chi connectivity index (χ2v) is 8.26. The van der Waals surface area contributed by atoms with Crippen molar-refractivity contribution in [1.82, 2.24) is 24.5 Å². The van der Waals surface area contributed by atoms with E-state index < -0.39 is 0 Å². The largest absolute Gasteiger partial charge is 0.305 e. The molecule has 0 spiro atoms. The molecule has 1 amide bonds. The number of benzene rings is 1. The summed E-state index contributed by atoms with van der Waals surface area (Å²) in [5.74, 6) is 0.259. The van der Waals surface area contributed by atoms with E-state index in [0.29, 0.717) is 17.0 Å². The van der Waals surface area contributed by atoms with Gasteiger partial charge in [-0.2, -0.15) is 5.10 Å². The van der Waals surface area contributed by atoms with Gasteiger partial charge < -0.3 is 5.32 Å². The lowest BCUT2D eigenvalue weighted by molar-refractivity contribution is 0.102. The third-order valence-electron chi connectivity index (χ3n) is 5.12. The van der Waals surface area contributed by atoms with Crippen LogP contribution >= 0.6 is 11.3 Å². The lowest BCUT2D eigenvalue weighted by Gasteiger charge is -2.07. The van der Waals surface area contributed by atoms with E-state index >= 15 is 0 Å². The predicted molar refractivity (Wildman–Crippen MR) is 123 cm³/mol. The Labute approximate surface area is 183 Å². The molecule has 0 radical (unpaired) electrons. The molecule has 7 nitrogen and oxygen atoms in total. The zero-order valence-corrected chi connectivity index (χ0v) is 18.1. The minimum Gasteiger partial charge on any atom is -0.305 e. The standard InChI is InChI=1S/C23H20N6OS/c1-14-12-20(27-29(14)16-8-5-4-6-9-16)25-23(30)17-13-18(19-10-7-11-31-19)24-22-21(17)15(2)26-28(22)3/h4-13H,1-3H3,(H,25,27,30). The molecule has 8 heteroatoms. The average molecular weight is 429 g/mol. The molecule has 0 fully saturated rings. The maximum Gasteiger partial charge on any atom is 0.257 e. The number of nitrogens with zero attached hydrogens (tertiary/aromatic N) is 5. The maximum absolute atomic E-state index is 13.3. The van der Waals surface area contributed by atoms with Gasteiger partial charge in [-0.1, -0.05) is 24.3 Å². The van der Waals surface area contributed by atoms with Crippen molar-refractivity contribution >= 4 is 34.1 Å². The molecule has 31 heavy (non-hydrogen) atoms. The van der Waals surface area contributed by atoms with Crippen LogP contribution < -0.4 is 5.32 Å². The summed E-state index contributed by atoms with van der Waals surface area (Å²) in [5.41, 5.74) is 4.60. The van der Waals surface area contributed by atoms with Gasteiger partial charge >= 0.3 is 0 Å². The number of amides is 1. The lowest BCUT2D eigenvalue weighted by Crippen LogP contribution is -2.14. The van der Waals surface area contributed by atoms with Gasteiger partial charge in [0.05, 0.1) is 32.9 Å². The quantitative estimate of drug-likeness (QED) is 0.448. The van der Waals surface area contributed by atoms with Gasteiger partial charge in [0.2, 0.25) is 0 Å². The number of aromatic nitrogens is 5. The number of nitrogens with one attached hydrogen (secondary N) is 1. The molecule has 0 aliphatic rings. The topological polar surface area (TPSA) is 77.6 Å². The van der Waals surface area contributed by atoms with Crippen LogP contribution in [0.1, 0.15) is 21.7 Å². The van der Waals surface area contributed by atoms with Crippen LogP contribution in [0, 0.1) is 13.8 Å². The molecule has 0 bridgehead atoms. The molecular formula is C23H20N6OS. The first kappa shape index (κ1) is 19.2. The fourth-order valence-electron chi connectivity index (χ4n) is 3.72. The first-order valence-corrected chi connectivity index (χ1v) is 10.7. The summed E-state index contributed by atoms with van der Waals surface area (Å²) in [5, 5.41) is 14.8. The van der Waals surface area contributed by atoms with Crippen LogP contribution in [-0.4, -0.2) is 30.5 Å². The third-order valence-corrected chi connectivity index (χ3v) is 6.01. The van der Waals surface area contributed by atoms with Gasteiger partial charge in [0.15, 0.2) is 11.5 Å². The molecule has 5 aromatic rings. The lowest BCUT2D eigenvalue weighted by atomic mass is 10.1. The number of pyridine rings is 1. The summed E-state index contributed by atoms with van der Waals surface area (Å²) in [6.07, 6.45) is 0. The number of carbonyl (C=O) groups excluding carboxylic acids is 1. The van der Waals surface area contributed by atoms with Crippen molar-refractivity contribution in [2.24, 2.45) is 7.05 Å². The van der Waals surface area contributed by atoms with Crippen molar-refractivity contribution in [2.75, 3.05) is 5.32 Å². The molecule has 0 unspecified atom stereocenters. The van der Waals surface area contributed by atoms with E-state index in [9.17, 15) is 4.79 Å². The van der Waals surface area contributed by atoms with Gasteiger partial charge in [-0.05, 0) is 43.5 Å². The van der Waals surface area contributed by atoms with Gasteiger partial charge in [-0.15, -0.1) is 16.4 Å². The van der Waals surface area contributed by atoms with E-state index in [1.165, 1.54) is 0 Å². The highest BCUT2D eigenvalue weighted by molar-refractivity contribution is 7.13. The van der Waals surface area contributed by atoms with Crippen molar-refractivity contribution in [3.8, 4) is 16.3 Å². The molecule has 0 saturated heterocycles. The van der Waals surface area contributed by atoms with Crippen molar-refractivity contribution in [3.63, 3.8) is 0 Å². The Morgan fingerprint density at radius 3 is 2.58 bits per heavy atom. The zero-order valence-electron chi connectivity index (χ0n) is 17.3. The van der Waals surface area contributed by atoms with Crippen LogP contribution in [-0.2, 0) is 7.05 Å². The summed E-state index contributed by atoms with van der Waals surface area (Å²) < 4.78 is 3.52. The highest BCUT2D eigenvalue weighted by Gasteiger charge is 2.20. The Morgan fingerprint density at radius 2 is 1.84 bits per heavy atom. The van der Waals surface area contributed by atoms with E-state index in [1.54, 1.807) is 16.0 Å². The number of anilines is 1. The highest BCUT2D eigenvalue weighted by Crippen LogP contribution is 2.29. The minimum atomic E-state index is -0.237. The van der Waals surface area contributed by atoms with Crippen LogP contribution in [0.25, 0.3) is 27.3 Å². The van der Waals surface area contributed by atoms with Crippen LogP contribution in [0.4, 0.5) is 5.82 Å². The summed E-state index contributed by atoms with van der Waals surface area (Å²) >= 11 is 1.58. The van der Waals surface area contributed by atoms with Crippen molar-refractivity contribution < 1.29 is 4.79 Å². The molecule has 0 atom stereocenters. The number of rotatable bonds is 4. The number of hydrogen-bond donors (Lipinski definition) is 1. The molecule has 0 aliphatic carbocycles. The summed E-state index contributed by atoms with van der Waals surface area (Å²) in [6, 6.07) is 17.5. The van der Waals surface area contributed by atoms with Crippen LogP contribution in [0.3, 0.4) is 0 Å². The first-order chi connectivity index (χ1) is 15.0. The van der Waals surface area contributed by atoms with Gasteiger partial charge in [0, 0.05) is 18.8 Å². The predicted octanol–water partition coefficient (Wildman–Crippen LogP) is 4.75. The molecule has 4 aromatic heterocycles. The monoisotopic (exact) mass is 428 g/mol. The van der Waals surface area contributed by atoms with Crippen LogP contribution in [0.5, 0.6) is 0 Å². The number of carbonyl (C=O) groups is 1. The van der Waals surface area contributed by atoms with Gasteiger partial charge in [-0.3, -0.25) is 9.48 Å². The zero-order chi connectivity index (χ0) is 21.5. The van der Waals surface area contributed by atoms with E-state index in [4.69, 9.17) is 4.98 Å². The van der Waals surface area contributed by atoms with Crippen molar-refractivity contribution in [1.29, 1.82) is 0 Å². The molecule has 0 saturated carbocycles. The van der Waals surface area contributed by atoms with Crippen LogP contribution in [0.2, 0.25) is 0 Å². The van der Waals surface area contributed by atoms with Gasteiger partial charge in [0.25, 0.3) is 5.91 Å². The van der Waals surface area contributed by atoms with Crippen molar-refractivity contribution in [2.45, 2.75) is 13.8 Å². The maximum atomic E-state index is 13.3. The highest BCUT2D eigenvalue weighted by atomic mass is 32.1. The normalized spacial score (nSPS) is 11.2. The van der Waals surface area contributed by atoms with Crippen molar-refractivity contribution in [3.05, 3.63) is 76.9 Å². The van der Waals surface area contributed by atoms with Gasteiger partial charge in [0.1, 0.15) is 0 Å². The summed E-state index contributed by atoms with van der Waals surface area (Å²) in [4.78, 5) is 19.1. The molecule has 0 aliphatic heterocycles. The Kier molecular flexibility index (Phi) is 4.63. The Hall–Kier alpha value is -3.78. The van der Waals surface area contributed by atoms with Gasteiger partial charge in [-0.25, -0.2) is 9.67 Å².